The second kappa shape index (κ2) is 40.0. The summed E-state index contributed by atoms with van der Waals surface area (Å²) in [6.45, 7) is 10.4. The molecule has 0 atom stereocenters. The molecule has 0 heterocycles. The summed E-state index contributed by atoms with van der Waals surface area (Å²) in [5.41, 5.74) is 0. The fourth-order valence-electron chi connectivity index (χ4n) is 7.46. The van der Waals surface area contributed by atoms with Crippen molar-refractivity contribution in [1.29, 1.82) is 0 Å². The number of amides is 1. The van der Waals surface area contributed by atoms with Crippen LogP contribution < -0.4 is 10.6 Å². The summed E-state index contributed by atoms with van der Waals surface area (Å²) < 4.78 is 11.1. The number of esters is 2. The lowest BCUT2D eigenvalue weighted by molar-refractivity contribution is -0.146. The highest BCUT2D eigenvalue weighted by Crippen LogP contribution is 2.22. The molecule has 0 aliphatic carbocycles. The zero-order valence-corrected chi connectivity index (χ0v) is 36.0. The van der Waals surface area contributed by atoms with Crippen molar-refractivity contribution in [3.05, 3.63) is 0 Å². The highest BCUT2D eigenvalue weighted by atomic mass is 16.5. The summed E-state index contributed by atoms with van der Waals surface area (Å²) in [5.74, 6) is 1.11. The topological polar surface area (TPSA) is 93.7 Å². The number of nitrogens with one attached hydrogen (secondary N) is 2. The number of carbonyl (C=O) groups is 3. The molecule has 2 N–H and O–H groups in total. The molecule has 7 nitrogen and oxygen atoms in total. The molecule has 0 aliphatic rings. The Kier molecular flexibility index (Phi) is 38.8. The van der Waals surface area contributed by atoms with Gasteiger partial charge in [0.1, 0.15) is 0 Å². The molecular formula is C46H90N2O5. The van der Waals surface area contributed by atoms with Crippen molar-refractivity contribution in [2.24, 2.45) is 11.8 Å². The van der Waals surface area contributed by atoms with Crippen LogP contribution in [0.3, 0.4) is 0 Å². The zero-order chi connectivity index (χ0) is 39.0. The van der Waals surface area contributed by atoms with Crippen molar-refractivity contribution in [3.63, 3.8) is 0 Å². The second-order valence-corrected chi connectivity index (χ2v) is 16.2. The Morgan fingerprint density at radius 2 is 0.755 bits per heavy atom. The van der Waals surface area contributed by atoms with Crippen LogP contribution in [0.1, 0.15) is 233 Å². The minimum atomic E-state index is 0.00502. The molecule has 0 rings (SSSR count). The third kappa shape index (κ3) is 35.8. The lowest BCUT2D eigenvalue weighted by atomic mass is 9.93. The minimum Gasteiger partial charge on any atom is -0.466 e. The van der Waals surface area contributed by atoms with Crippen LogP contribution in [-0.2, 0) is 23.9 Å². The predicted octanol–water partition coefficient (Wildman–Crippen LogP) is 12.6. The molecule has 0 saturated heterocycles. The average Bonchev–Trinajstić information content (AvgIpc) is 3.14. The average molecular weight is 751 g/mol. The third-order valence-corrected chi connectivity index (χ3v) is 10.9. The van der Waals surface area contributed by atoms with Gasteiger partial charge in [-0.2, -0.15) is 0 Å². The molecule has 0 aromatic heterocycles. The van der Waals surface area contributed by atoms with Gasteiger partial charge in [0.2, 0.25) is 5.91 Å². The van der Waals surface area contributed by atoms with E-state index in [1.807, 2.05) is 7.05 Å². The van der Waals surface area contributed by atoms with Crippen molar-refractivity contribution >= 4 is 17.8 Å². The molecule has 0 radical (unpaired) electrons. The van der Waals surface area contributed by atoms with Crippen molar-refractivity contribution in [3.8, 4) is 0 Å². The van der Waals surface area contributed by atoms with E-state index < -0.39 is 0 Å². The van der Waals surface area contributed by atoms with Crippen molar-refractivity contribution < 1.29 is 23.9 Å². The summed E-state index contributed by atoms with van der Waals surface area (Å²) in [4.78, 5) is 36.9. The van der Waals surface area contributed by atoms with Gasteiger partial charge in [-0.1, -0.05) is 169 Å². The van der Waals surface area contributed by atoms with Crippen LogP contribution >= 0.6 is 0 Å². The van der Waals surface area contributed by atoms with Crippen LogP contribution in [0.5, 0.6) is 0 Å². The monoisotopic (exact) mass is 751 g/mol. The van der Waals surface area contributed by atoms with Crippen molar-refractivity contribution in [2.75, 3.05) is 26.8 Å². The first-order valence-electron chi connectivity index (χ1n) is 23.1. The molecule has 53 heavy (non-hydrogen) atoms. The van der Waals surface area contributed by atoms with E-state index in [9.17, 15) is 14.4 Å². The van der Waals surface area contributed by atoms with Gasteiger partial charge in [-0.05, 0) is 70.3 Å². The first kappa shape index (κ1) is 51.4. The van der Waals surface area contributed by atoms with E-state index >= 15 is 0 Å². The fraction of sp³-hybridized carbons (Fsp3) is 0.935. The van der Waals surface area contributed by atoms with Gasteiger partial charge in [-0.3, -0.25) is 14.4 Å². The molecular weight excluding hydrogens is 661 g/mol. The highest BCUT2D eigenvalue weighted by molar-refractivity contribution is 5.78. The first-order chi connectivity index (χ1) is 25.9. The largest absolute Gasteiger partial charge is 0.466 e. The van der Waals surface area contributed by atoms with Crippen LogP contribution in [0, 0.1) is 11.8 Å². The standard InChI is InChI=1S/C46H90N2O5/c1-6-10-30-41(31-11-7-2)38-45(50)52-36-28-24-20-16-14-18-22-26-34-43(48-44(49)40-47-5)35-27-23-19-15-17-21-25-29-37-53-46(51)39-42(32-12-8-3)33-13-9-4/h41-43,47H,6-40H2,1-5H3,(H,48,49). The van der Waals surface area contributed by atoms with Gasteiger partial charge in [0.05, 0.1) is 19.8 Å². The smallest absolute Gasteiger partial charge is 0.306 e. The molecule has 0 saturated carbocycles. The summed E-state index contributed by atoms with van der Waals surface area (Å²) >= 11 is 0. The van der Waals surface area contributed by atoms with Gasteiger partial charge in [0.15, 0.2) is 0 Å². The van der Waals surface area contributed by atoms with E-state index in [2.05, 4.69) is 38.3 Å². The summed E-state index contributed by atoms with van der Waals surface area (Å²) in [5, 5.41) is 6.26. The van der Waals surface area contributed by atoms with Crippen molar-refractivity contribution in [2.45, 2.75) is 239 Å². The van der Waals surface area contributed by atoms with Crippen LogP contribution in [0.4, 0.5) is 0 Å². The quantitative estimate of drug-likeness (QED) is 0.0477. The maximum absolute atomic E-state index is 12.3. The maximum Gasteiger partial charge on any atom is 0.306 e. The van der Waals surface area contributed by atoms with E-state index in [1.54, 1.807) is 0 Å². The van der Waals surface area contributed by atoms with Crippen molar-refractivity contribution in [1.82, 2.24) is 10.6 Å². The number of likely N-dealkylation sites (N-methyl/N-ethyl adjacent to an activating group) is 1. The fourth-order valence-corrected chi connectivity index (χ4v) is 7.46. The maximum atomic E-state index is 12.3. The Balaban J connectivity index is 3.95. The summed E-state index contributed by atoms with van der Waals surface area (Å²) in [6, 6.07) is 0.281. The Labute approximate surface area is 329 Å². The summed E-state index contributed by atoms with van der Waals surface area (Å²) in [7, 11) is 1.83. The molecule has 0 aliphatic heterocycles. The van der Waals surface area contributed by atoms with Crippen LogP contribution in [-0.4, -0.2) is 50.7 Å². The lowest BCUT2D eigenvalue weighted by Crippen LogP contribution is -2.39. The van der Waals surface area contributed by atoms with Crippen LogP contribution in [0.2, 0.25) is 0 Å². The van der Waals surface area contributed by atoms with E-state index in [0.29, 0.717) is 44.4 Å². The predicted molar refractivity (Wildman–Crippen MR) is 225 cm³/mol. The van der Waals surface area contributed by atoms with Crippen LogP contribution in [0.25, 0.3) is 0 Å². The lowest BCUT2D eigenvalue weighted by Gasteiger charge is -2.19. The molecule has 1 amide bonds. The van der Waals surface area contributed by atoms with Gasteiger partial charge >= 0.3 is 11.9 Å². The molecule has 0 bridgehead atoms. The molecule has 7 heteroatoms. The summed E-state index contributed by atoms with van der Waals surface area (Å²) in [6.07, 6.45) is 36.5. The van der Waals surface area contributed by atoms with Gasteiger partial charge in [0.25, 0.3) is 0 Å². The van der Waals surface area contributed by atoms with E-state index in [1.165, 1.54) is 128 Å². The number of carbonyl (C=O) groups excluding carboxylic acids is 3. The van der Waals surface area contributed by atoms with Gasteiger partial charge in [-0.25, -0.2) is 0 Å². The van der Waals surface area contributed by atoms with Crippen LogP contribution in [0.15, 0.2) is 0 Å². The van der Waals surface area contributed by atoms with Gasteiger partial charge < -0.3 is 20.1 Å². The zero-order valence-electron chi connectivity index (χ0n) is 36.0. The first-order valence-corrected chi connectivity index (χ1v) is 23.1. The molecule has 0 aromatic rings. The Hall–Kier alpha value is -1.63. The Morgan fingerprint density at radius 1 is 0.434 bits per heavy atom. The van der Waals surface area contributed by atoms with Gasteiger partial charge in [0, 0.05) is 18.9 Å². The molecule has 0 unspecified atom stereocenters. The van der Waals surface area contributed by atoms with E-state index in [4.69, 9.17) is 9.47 Å². The number of ether oxygens (including phenoxy) is 2. The minimum absolute atomic E-state index is 0.00502. The van der Waals surface area contributed by atoms with E-state index in [-0.39, 0.29) is 23.9 Å². The molecule has 0 aromatic carbocycles. The third-order valence-electron chi connectivity index (χ3n) is 10.9. The normalized spacial score (nSPS) is 11.5. The Bertz CT molecular complexity index is 750. The molecule has 314 valence electrons. The van der Waals surface area contributed by atoms with E-state index in [0.717, 1.165) is 64.2 Å². The number of rotatable bonds is 41. The number of hydrogen-bond donors (Lipinski definition) is 2. The Morgan fingerprint density at radius 3 is 1.08 bits per heavy atom. The second-order valence-electron chi connectivity index (χ2n) is 16.2. The van der Waals surface area contributed by atoms with Gasteiger partial charge in [-0.15, -0.1) is 0 Å². The SMILES string of the molecule is CCCCC(CCCC)CC(=O)OCCCCCCCCCCC(CCCCCCCCCCOC(=O)CC(CCCC)CCCC)NC(=O)CNC. The molecule has 0 spiro atoms. The molecule has 0 fully saturated rings. The number of hydrogen-bond acceptors (Lipinski definition) is 6. The highest BCUT2D eigenvalue weighted by Gasteiger charge is 2.16. The number of unbranched alkanes of at least 4 members (excludes halogenated alkanes) is 18.